The molecule has 1 aliphatic rings. The molecule has 1 fully saturated rings. The lowest BCUT2D eigenvalue weighted by Crippen LogP contribution is -2.25. The quantitative estimate of drug-likeness (QED) is 0.855. The largest absolute Gasteiger partial charge is 0.392 e. The molecule has 1 aliphatic heterocycles. The standard InChI is InChI=1S/C14H20FNO/c1-11-3-2-7-16(8-6-11)14-5-4-13(15)9-12(14)10-17/h4-5,9,11,17H,2-3,6-8,10H2,1H3. The molecule has 2 rings (SSSR count). The maximum atomic E-state index is 13.1. The average Bonchev–Trinajstić information content (AvgIpc) is 2.54. The Labute approximate surface area is 102 Å². The highest BCUT2D eigenvalue weighted by atomic mass is 19.1. The molecule has 0 bridgehead atoms. The smallest absolute Gasteiger partial charge is 0.123 e. The number of hydrogen-bond acceptors (Lipinski definition) is 2. The molecule has 0 radical (unpaired) electrons. The first kappa shape index (κ1) is 12.4. The summed E-state index contributed by atoms with van der Waals surface area (Å²) in [5.74, 6) is 0.485. The van der Waals surface area contributed by atoms with E-state index in [1.165, 1.54) is 31.4 Å². The Morgan fingerprint density at radius 1 is 1.35 bits per heavy atom. The molecule has 1 saturated heterocycles. The fraction of sp³-hybridized carbons (Fsp3) is 0.571. The van der Waals surface area contributed by atoms with Gasteiger partial charge in [-0.05, 0) is 43.4 Å². The van der Waals surface area contributed by atoms with Crippen LogP contribution in [0.5, 0.6) is 0 Å². The minimum Gasteiger partial charge on any atom is -0.392 e. The van der Waals surface area contributed by atoms with E-state index in [4.69, 9.17) is 0 Å². The van der Waals surface area contributed by atoms with Crippen molar-refractivity contribution in [1.82, 2.24) is 0 Å². The Kier molecular flexibility index (Phi) is 4.00. The summed E-state index contributed by atoms with van der Waals surface area (Å²) in [5, 5.41) is 9.30. The molecule has 0 saturated carbocycles. The lowest BCUT2D eigenvalue weighted by Gasteiger charge is -2.25. The number of aliphatic hydroxyl groups is 1. The fourth-order valence-corrected chi connectivity index (χ4v) is 2.49. The monoisotopic (exact) mass is 237 g/mol. The molecule has 1 aromatic rings. The van der Waals surface area contributed by atoms with Gasteiger partial charge in [-0.15, -0.1) is 0 Å². The fourth-order valence-electron chi connectivity index (χ4n) is 2.49. The Morgan fingerprint density at radius 2 is 2.18 bits per heavy atom. The van der Waals surface area contributed by atoms with E-state index in [9.17, 15) is 9.50 Å². The third-order valence-corrected chi connectivity index (χ3v) is 3.57. The zero-order valence-electron chi connectivity index (χ0n) is 10.3. The zero-order chi connectivity index (χ0) is 12.3. The van der Waals surface area contributed by atoms with Crippen molar-refractivity contribution in [2.24, 2.45) is 5.92 Å². The van der Waals surface area contributed by atoms with Crippen LogP contribution < -0.4 is 4.90 Å². The summed E-state index contributed by atoms with van der Waals surface area (Å²) >= 11 is 0. The summed E-state index contributed by atoms with van der Waals surface area (Å²) in [6.45, 7) is 4.18. The highest BCUT2D eigenvalue weighted by Gasteiger charge is 2.16. The van der Waals surface area contributed by atoms with Crippen LogP contribution in [0.2, 0.25) is 0 Å². The van der Waals surface area contributed by atoms with Gasteiger partial charge in [0.2, 0.25) is 0 Å². The number of hydrogen-bond donors (Lipinski definition) is 1. The first-order valence-corrected chi connectivity index (χ1v) is 6.35. The van der Waals surface area contributed by atoms with Crippen molar-refractivity contribution in [1.29, 1.82) is 0 Å². The topological polar surface area (TPSA) is 23.5 Å². The average molecular weight is 237 g/mol. The molecular weight excluding hydrogens is 217 g/mol. The molecule has 1 heterocycles. The highest BCUT2D eigenvalue weighted by Crippen LogP contribution is 2.26. The van der Waals surface area contributed by atoms with Crippen LogP contribution in [0.3, 0.4) is 0 Å². The van der Waals surface area contributed by atoms with Crippen molar-refractivity contribution < 1.29 is 9.50 Å². The van der Waals surface area contributed by atoms with Crippen molar-refractivity contribution >= 4 is 5.69 Å². The Balaban J connectivity index is 2.20. The van der Waals surface area contributed by atoms with Gasteiger partial charge in [0.1, 0.15) is 5.82 Å². The van der Waals surface area contributed by atoms with E-state index < -0.39 is 0 Å². The van der Waals surface area contributed by atoms with Gasteiger partial charge in [-0.3, -0.25) is 0 Å². The number of aliphatic hydroxyl groups excluding tert-OH is 1. The van der Waals surface area contributed by atoms with E-state index in [1.807, 2.05) is 0 Å². The second-order valence-electron chi connectivity index (χ2n) is 4.95. The summed E-state index contributed by atoms with van der Waals surface area (Å²) in [6, 6.07) is 4.70. The third-order valence-electron chi connectivity index (χ3n) is 3.57. The lowest BCUT2D eigenvalue weighted by molar-refractivity contribution is 0.281. The molecule has 0 spiro atoms. The molecule has 1 N–H and O–H groups in total. The summed E-state index contributed by atoms with van der Waals surface area (Å²) < 4.78 is 13.1. The molecule has 1 atom stereocenters. The van der Waals surface area contributed by atoms with Crippen LogP contribution in [-0.2, 0) is 6.61 Å². The molecule has 1 aromatic carbocycles. The van der Waals surface area contributed by atoms with E-state index >= 15 is 0 Å². The van der Waals surface area contributed by atoms with Gasteiger partial charge in [0.05, 0.1) is 6.61 Å². The third kappa shape index (κ3) is 2.97. The van der Waals surface area contributed by atoms with Gasteiger partial charge in [0.25, 0.3) is 0 Å². The summed E-state index contributed by atoms with van der Waals surface area (Å²) in [7, 11) is 0. The molecule has 94 valence electrons. The zero-order valence-corrected chi connectivity index (χ0v) is 10.3. The SMILES string of the molecule is CC1CCCN(c2ccc(F)cc2CO)CC1. The minimum atomic E-state index is -0.277. The predicted octanol–water partition coefficient (Wildman–Crippen LogP) is 2.94. The van der Waals surface area contributed by atoms with Crippen LogP contribution in [0.15, 0.2) is 18.2 Å². The number of anilines is 1. The van der Waals surface area contributed by atoms with Gasteiger partial charge in [-0.25, -0.2) is 4.39 Å². The van der Waals surface area contributed by atoms with Crippen molar-refractivity contribution in [3.63, 3.8) is 0 Å². The van der Waals surface area contributed by atoms with Gasteiger partial charge in [0, 0.05) is 24.3 Å². The van der Waals surface area contributed by atoms with Crippen molar-refractivity contribution in [3.8, 4) is 0 Å². The number of rotatable bonds is 2. The molecule has 2 nitrogen and oxygen atoms in total. The Bertz CT molecular complexity index is 380. The van der Waals surface area contributed by atoms with Crippen LogP contribution in [0.4, 0.5) is 10.1 Å². The second kappa shape index (κ2) is 5.50. The maximum absolute atomic E-state index is 13.1. The van der Waals surface area contributed by atoms with Gasteiger partial charge in [-0.1, -0.05) is 6.92 Å². The van der Waals surface area contributed by atoms with Crippen LogP contribution in [0.1, 0.15) is 31.7 Å². The van der Waals surface area contributed by atoms with Crippen LogP contribution >= 0.6 is 0 Å². The lowest BCUT2D eigenvalue weighted by atomic mass is 10.0. The van der Waals surface area contributed by atoms with Crippen LogP contribution in [0.25, 0.3) is 0 Å². The van der Waals surface area contributed by atoms with Gasteiger partial charge in [-0.2, -0.15) is 0 Å². The van der Waals surface area contributed by atoms with E-state index in [0.29, 0.717) is 5.56 Å². The molecule has 17 heavy (non-hydrogen) atoms. The molecule has 0 amide bonds. The Hall–Kier alpha value is -1.09. The van der Waals surface area contributed by atoms with E-state index in [0.717, 1.165) is 24.7 Å². The summed E-state index contributed by atoms with van der Waals surface area (Å²) in [6.07, 6.45) is 3.60. The van der Waals surface area contributed by atoms with Crippen molar-refractivity contribution in [2.75, 3.05) is 18.0 Å². The van der Waals surface area contributed by atoms with E-state index in [1.54, 1.807) is 6.07 Å². The first-order valence-electron chi connectivity index (χ1n) is 6.35. The van der Waals surface area contributed by atoms with Crippen LogP contribution in [-0.4, -0.2) is 18.2 Å². The van der Waals surface area contributed by atoms with Gasteiger partial charge >= 0.3 is 0 Å². The molecular formula is C14H20FNO. The molecule has 0 aromatic heterocycles. The minimum absolute atomic E-state index is 0.0981. The summed E-state index contributed by atoms with van der Waals surface area (Å²) in [4.78, 5) is 2.27. The Morgan fingerprint density at radius 3 is 2.94 bits per heavy atom. The number of nitrogens with zero attached hydrogens (tertiary/aromatic N) is 1. The maximum Gasteiger partial charge on any atom is 0.123 e. The van der Waals surface area contributed by atoms with Crippen molar-refractivity contribution in [2.45, 2.75) is 32.8 Å². The predicted molar refractivity (Wildman–Crippen MR) is 67.6 cm³/mol. The molecule has 3 heteroatoms. The van der Waals surface area contributed by atoms with Crippen molar-refractivity contribution in [3.05, 3.63) is 29.6 Å². The number of benzene rings is 1. The normalized spacial score (nSPS) is 21.4. The van der Waals surface area contributed by atoms with Gasteiger partial charge in [0.15, 0.2) is 0 Å². The highest BCUT2D eigenvalue weighted by molar-refractivity contribution is 5.53. The van der Waals surface area contributed by atoms with Crippen LogP contribution in [0, 0.1) is 11.7 Å². The van der Waals surface area contributed by atoms with E-state index in [-0.39, 0.29) is 12.4 Å². The number of halogens is 1. The van der Waals surface area contributed by atoms with E-state index in [2.05, 4.69) is 11.8 Å². The van der Waals surface area contributed by atoms with Gasteiger partial charge < -0.3 is 10.0 Å². The summed E-state index contributed by atoms with van der Waals surface area (Å²) in [5.41, 5.74) is 1.68. The molecule has 1 unspecified atom stereocenters. The second-order valence-corrected chi connectivity index (χ2v) is 4.95. The first-order chi connectivity index (χ1) is 8.20. The molecule has 0 aliphatic carbocycles.